The lowest BCUT2D eigenvalue weighted by atomic mass is 9.95. The molecule has 1 aliphatic carbocycles. The Morgan fingerprint density at radius 2 is 1.96 bits per heavy atom. The molecule has 0 aromatic carbocycles. The Morgan fingerprint density at radius 3 is 2.65 bits per heavy atom. The fourth-order valence-electron chi connectivity index (χ4n) is 3.66. The Bertz CT molecular complexity index is 603. The van der Waals surface area contributed by atoms with Crippen LogP contribution >= 0.6 is 11.3 Å². The van der Waals surface area contributed by atoms with Crippen molar-refractivity contribution in [3.05, 3.63) is 16.0 Å². The van der Waals surface area contributed by atoms with Gasteiger partial charge < -0.3 is 16.0 Å². The molecule has 1 saturated heterocycles. The standard InChI is InChI=1S/C17H25N3O2S/c1-11-6-8-20(9-7-11)10-14(21)19-17-15(16(18)22)12-4-2-3-5-13(12)23-17/h11H,2-10H2,1H3,(H2,18,22)(H,19,21)/p+1. The van der Waals surface area contributed by atoms with E-state index in [9.17, 15) is 9.59 Å². The van der Waals surface area contributed by atoms with Gasteiger partial charge in [-0.05, 0) is 50.0 Å². The number of amides is 2. The maximum Gasteiger partial charge on any atom is 0.280 e. The number of aryl methyl sites for hydroxylation is 1. The highest BCUT2D eigenvalue weighted by Gasteiger charge is 2.26. The molecule has 4 N–H and O–H groups in total. The summed E-state index contributed by atoms with van der Waals surface area (Å²) in [6.45, 7) is 4.86. The minimum Gasteiger partial charge on any atom is -0.365 e. The zero-order chi connectivity index (χ0) is 16.4. The number of fused-ring (bicyclic) bond motifs is 1. The van der Waals surface area contributed by atoms with Crippen molar-refractivity contribution >= 4 is 28.2 Å². The molecule has 6 heteroatoms. The molecule has 3 rings (SSSR count). The molecule has 0 spiro atoms. The molecule has 2 heterocycles. The van der Waals surface area contributed by atoms with E-state index in [1.54, 1.807) is 0 Å². The van der Waals surface area contributed by atoms with E-state index < -0.39 is 5.91 Å². The zero-order valence-corrected chi connectivity index (χ0v) is 14.6. The lowest BCUT2D eigenvalue weighted by Gasteiger charge is -2.26. The molecule has 0 unspecified atom stereocenters. The number of nitrogens with one attached hydrogen (secondary N) is 2. The number of thiophene rings is 1. The second-order valence-electron chi connectivity index (χ2n) is 6.94. The van der Waals surface area contributed by atoms with Crippen molar-refractivity contribution in [1.29, 1.82) is 0 Å². The van der Waals surface area contributed by atoms with Crippen LogP contribution in [0.4, 0.5) is 5.00 Å². The first-order chi connectivity index (χ1) is 11.0. The first kappa shape index (κ1) is 16.5. The van der Waals surface area contributed by atoms with Gasteiger partial charge in [0.15, 0.2) is 6.54 Å². The van der Waals surface area contributed by atoms with Crippen LogP contribution in [0, 0.1) is 5.92 Å². The summed E-state index contributed by atoms with van der Waals surface area (Å²) in [7, 11) is 0. The molecule has 5 nitrogen and oxygen atoms in total. The SMILES string of the molecule is CC1CC[NH+](CC(=O)Nc2sc3c(c2C(N)=O)CCCC3)CC1. The third-order valence-corrected chi connectivity index (χ3v) is 6.27. The fourth-order valence-corrected chi connectivity index (χ4v) is 4.97. The van der Waals surface area contributed by atoms with Crippen LogP contribution in [0.1, 0.15) is 53.4 Å². The van der Waals surface area contributed by atoms with Crippen LogP contribution in [0.25, 0.3) is 0 Å². The van der Waals surface area contributed by atoms with E-state index in [0.717, 1.165) is 50.3 Å². The smallest absolute Gasteiger partial charge is 0.280 e. The van der Waals surface area contributed by atoms with Gasteiger partial charge in [0, 0.05) is 4.88 Å². The molecule has 0 bridgehead atoms. The van der Waals surface area contributed by atoms with Crippen molar-refractivity contribution < 1.29 is 14.5 Å². The van der Waals surface area contributed by atoms with Crippen LogP contribution in [0.2, 0.25) is 0 Å². The van der Waals surface area contributed by atoms with Crippen molar-refractivity contribution in [2.45, 2.75) is 45.4 Å². The molecular weight excluding hydrogens is 310 g/mol. The summed E-state index contributed by atoms with van der Waals surface area (Å²) in [4.78, 5) is 26.8. The monoisotopic (exact) mass is 336 g/mol. The second kappa shape index (κ2) is 7.01. The quantitative estimate of drug-likeness (QED) is 0.766. The molecule has 23 heavy (non-hydrogen) atoms. The van der Waals surface area contributed by atoms with Crippen LogP contribution in [0.3, 0.4) is 0 Å². The molecule has 2 aliphatic rings. The minimum atomic E-state index is -0.418. The normalized spacial score (nSPS) is 24.0. The third-order valence-electron chi connectivity index (χ3n) is 5.06. The average molecular weight is 336 g/mol. The number of anilines is 1. The molecule has 126 valence electrons. The van der Waals surface area contributed by atoms with Crippen molar-refractivity contribution in [3.63, 3.8) is 0 Å². The van der Waals surface area contributed by atoms with Gasteiger partial charge >= 0.3 is 0 Å². The van der Waals surface area contributed by atoms with Crippen LogP contribution in [-0.4, -0.2) is 31.4 Å². The van der Waals surface area contributed by atoms with Gasteiger partial charge in [0.2, 0.25) is 0 Å². The van der Waals surface area contributed by atoms with Gasteiger partial charge in [0.05, 0.1) is 18.7 Å². The molecule has 0 saturated carbocycles. The summed E-state index contributed by atoms with van der Waals surface area (Å²) in [6.07, 6.45) is 6.49. The molecule has 0 atom stereocenters. The highest BCUT2D eigenvalue weighted by Crippen LogP contribution is 2.37. The third kappa shape index (κ3) is 3.75. The zero-order valence-electron chi connectivity index (χ0n) is 13.7. The number of quaternary nitrogens is 1. The predicted molar refractivity (Wildman–Crippen MR) is 92.1 cm³/mol. The van der Waals surface area contributed by atoms with Crippen molar-refractivity contribution in [1.82, 2.24) is 0 Å². The van der Waals surface area contributed by atoms with Gasteiger partial charge in [0.25, 0.3) is 11.8 Å². The number of hydrogen-bond donors (Lipinski definition) is 3. The number of carbonyl (C=O) groups is 2. The number of likely N-dealkylation sites (tertiary alicyclic amines) is 1. The molecule has 1 aromatic heterocycles. The maximum absolute atomic E-state index is 12.4. The number of hydrogen-bond acceptors (Lipinski definition) is 3. The topological polar surface area (TPSA) is 76.6 Å². The number of primary amides is 1. The summed E-state index contributed by atoms with van der Waals surface area (Å²) in [5.41, 5.74) is 7.20. The lowest BCUT2D eigenvalue weighted by Crippen LogP contribution is -3.14. The van der Waals surface area contributed by atoms with Crippen molar-refractivity contribution in [2.75, 3.05) is 25.0 Å². The summed E-state index contributed by atoms with van der Waals surface area (Å²) >= 11 is 1.54. The number of piperidine rings is 1. The van der Waals surface area contributed by atoms with Crippen LogP contribution in [0.5, 0.6) is 0 Å². The number of nitrogens with two attached hydrogens (primary N) is 1. The fraction of sp³-hybridized carbons (Fsp3) is 0.647. The van der Waals surface area contributed by atoms with Gasteiger partial charge in [-0.25, -0.2) is 0 Å². The Morgan fingerprint density at radius 1 is 1.26 bits per heavy atom. The van der Waals surface area contributed by atoms with E-state index in [1.165, 1.54) is 34.0 Å². The van der Waals surface area contributed by atoms with Gasteiger partial charge in [-0.1, -0.05) is 6.92 Å². The molecule has 0 radical (unpaired) electrons. The average Bonchev–Trinajstić information content (AvgIpc) is 2.87. The van der Waals surface area contributed by atoms with Gasteiger partial charge in [-0.3, -0.25) is 9.59 Å². The molecule has 1 aliphatic heterocycles. The number of carbonyl (C=O) groups excluding carboxylic acids is 2. The summed E-state index contributed by atoms with van der Waals surface area (Å²) in [6, 6.07) is 0. The lowest BCUT2D eigenvalue weighted by molar-refractivity contribution is -0.897. The first-order valence-electron chi connectivity index (χ1n) is 8.62. The highest BCUT2D eigenvalue weighted by molar-refractivity contribution is 7.17. The van der Waals surface area contributed by atoms with Gasteiger partial charge in [-0.2, -0.15) is 0 Å². The van der Waals surface area contributed by atoms with E-state index in [0.29, 0.717) is 17.1 Å². The largest absolute Gasteiger partial charge is 0.365 e. The van der Waals surface area contributed by atoms with Crippen molar-refractivity contribution in [2.24, 2.45) is 11.7 Å². The summed E-state index contributed by atoms with van der Waals surface area (Å²) in [5, 5.41) is 3.63. The van der Waals surface area contributed by atoms with Crippen LogP contribution in [-0.2, 0) is 17.6 Å². The van der Waals surface area contributed by atoms with E-state index in [4.69, 9.17) is 5.73 Å². The maximum atomic E-state index is 12.4. The van der Waals surface area contributed by atoms with Crippen LogP contribution < -0.4 is 16.0 Å². The molecule has 1 fully saturated rings. The van der Waals surface area contributed by atoms with Gasteiger partial charge in [-0.15, -0.1) is 11.3 Å². The molecular formula is C17H26N3O2S+. The predicted octanol–water partition coefficient (Wildman–Crippen LogP) is 0.979. The van der Waals surface area contributed by atoms with Gasteiger partial charge in [0.1, 0.15) is 5.00 Å². The second-order valence-corrected chi connectivity index (χ2v) is 8.04. The van der Waals surface area contributed by atoms with Crippen molar-refractivity contribution in [3.8, 4) is 0 Å². The van der Waals surface area contributed by atoms with Crippen LogP contribution in [0.15, 0.2) is 0 Å². The summed E-state index contributed by atoms with van der Waals surface area (Å²) in [5.74, 6) is 0.349. The van der Waals surface area contributed by atoms with E-state index in [1.807, 2.05) is 0 Å². The molecule has 2 amide bonds. The van der Waals surface area contributed by atoms with E-state index >= 15 is 0 Å². The molecule has 1 aromatic rings. The summed E-state index contributed by atoms with van der Waals surface area (Å²) < 4.78 is 0. The Hall–Kier alpha value is -1.40. The highest BCUT2D eigenvalue weighted by atomic mass is 32.1. The Balaban J connectivity index is 1.68. The number of rotatable bonds is 4. The van der Waals surface area contributed by atoms with E-state index in [-0.39, 0.29) is 5.91 Å². The first-order valence-corrected chi connectivity index (χ1v) is 9.44. The minimum absolute atomic E-state index is 0.00403. The van der Waals surface area contributed by atoms with E-state index in [2.05, 4.69) is 12.2 Å². The Kier molecular flexibility index (Phi) is 5.02. The Labute approximate surface area is 141 Å².